The van der Waals surface area contributed by atoms with E-state index in [2.05, 4.69) is 15.9 Å². The summed E-state index contributed by atoms with van der Waals surface area (Å²) in [6.07, 6.45) is 3.63. The number of rotatable bonds is 1. The molecule has 1 nitrogen and oxygen atoms in total. The van der Waals surface area contributed by atoms with Crippen LogP contribution >= 0.6 is 15.9 Å². The molecule has 1 fully saturated rings. The van der Waals surface area contributed by atoms with E-state index in [1.54, 1.807) is 0 Å². The molecule has 0 heterocycles. The second-order valence-corrected chi connectivity index (χ2v) is 4.06. The molecule has 1 saturated carbocycles. The van der Waals surface area contributed by atoms with Gasteiger partial charge in [0.05, 0.1) is 0 Å². The summed E-state index contributed by atoms with van der Waals surface area (Å²) >= 11 is 3.37. The summed E-state index contributed by atoms with van der Waals surface area (Å²) in [5, 5.41) is 0. The highest BCUT2D eigenvalue weighted by atomic mass is 79.9. The fraction of sp³-hybridized carbons (Fsp3) is 0.182. The third-order valence-corrected chi connectivity index (χ3v) is 2.72. The van der Waals surface area contributed by atoms with E-state index in [0.29, 0.717) is 5.78 Å². The molecule has 1 aliphatic carbocycles. The molecule has 0 bridgehead atoms. The minimum absolute atomic E-state index is 0.294. The number of halogens is 1. The molecule has 13 heavy (non-hydrogen) atoms. The maximum absolute atomic E-state index is 11.0. The molecular weight excluding hydrogens is 228 g/mol. The molecule has 1 aromatic carbocycles. The zero-order valence-corrected chi connectivity index (χ0v) is 8.67. The second-order valence-electron chi connectivity index (χ2n) is 3.14. The van der Waals surface area contributed by atoms with Crippen LogP contribution in [0.4, 0.5) is 0 Å². The summed E-state index contributed by atoms with van der Waals surface area (Å²) in [6, 6.07) is 7.97. The van der Waals surface area contributed by atoms with E-state index in [-0.39, 0.29) is 0 Å². The third-order valence-electron chi connectivity index (χ3n) is 2.19. The Bertz CT molecular complexity index is 362. The molecule has 0 aliphatic heterocycles. The Kier molecular flexibility index (Phi) is 2.32. The molecule has 0 spiro atoms. The number of carbonyl (C=O) groups excluding carboxylic acids is 1. The average molecular weight is 237 g/mol. The fourth-order valence-corrected chi connectivity index (χ4v) is 1.55. The van der Waals surface area contributed by atoms with Crippen molar-refractivity contribution in [1.29, 1.82) is 0 Å². The maximum Gasteiger partial charge on any atom is 0.159 e. The standard InChI is InChI=1S/C11H9BrO/c12-10-4-1-8(2-5-10)7-9-3-6-11(9)13/h1-2,4-5,7H,3,6H2/b9-7+. The first kappa shape index (κ1) is 8.70. The van der Waals surface area contributed by atoms with Gasteiger partial charge in [0.25, 0.3) is 0 Å². The molecular formula is C11H9BrO. The minimum atomic E-state index is 0.294. The van der Waals surface area contributed by atoms with E-state index in [4.69, 9.17) is 0 Å². The van der Waals surface area contributed by atoms with Gasteiger partial charge in [0.1, 0.15) is 0 Å². The number of ketones is 1. The fourth-order valence-electron chi connectivity index (χ4n) is 1.28. The van der Waals surface area contributed by atoms with Gasteiger partial charge in [-0.05, 0) is 35.8 Å². The summed E-state index contributed by atoms with van der Waals surface area (Å²) in [6.45, 7) is 0. The summed E-state index contributed by atoms with van der Waals surface area (Å²) in [5.41, 5.74) is 2.06. The predicted molar refractivity (Wildman–Crippen MR) is 56.4 cm³/mol. The van der Waals surface area contributed by atoms with Crippen LogP contribution in [0.5, 0.6) is 0 Å². The molecule has 0 saturated heterocycles. The van der Waals surface area contributed by atoms with E-state index < -0.39 is 0 Å². The third kappa shape index (κ3) is 1.89. The van der Waals surface area contributed by atoms with Gasteiger partial charge in [0, 0.05) is 10.9 Å². The zero-order valence-electron chi connectivity index (χ0n) is 7.09. The molecule has 0 atom stereocenters. The van der Waals surface area contributed by atoms with Gasteiger partial charge in [0.2, 0.25) is 0 Å². The maximum atomic E-state index is 11.0. The van der Waals surface area contributed by atoms with E-state index in [1.807, 2.05) is 30.3 Å². The van der Waals surface area contributed by atoms with Crippen LogP contribution in [0.3, 0.4) is 0 Å². The number of hydrogen-bond donors (Lipinski definition) is 0. The first-order chi connectivity index (χ1) is 6.25. The first-order valence-corrected chi connectivity index (χ1v) is 5.04. The van der Waals surface area contributed by atoms with E-state index in [9.17, 15) is 4.79 Å². The van der Waals surface area contributed by atoms with Crippen molar-refractivity contribution in [2.75, 3.05) is 0 Å². The van der Waals surface area contributed by atoms with Crippen LogP contribution in [-0.2, 0) is 4.79 Å². The van der Waals surface area contributed by atoms with Crippen molar-refractivity contribution in [3.63, 3.8) is 0 Å². The van der Waals surface area contributed by atoms with Crippen molar-refractivity contribution >= 4 is 27.8 Å². The Balaban J connectivity index is 2.22. The highest BCUT2D eigenvalue weighted by molar-refractivity contribution is 9.10. The van der Waals surface area contributed by atoms with E-state index >= 15 is 0 Å². The van der Waals surface area contributed by atoms with Crippen LogP contribution in [-0.4, -0.2) is 5.78 Å². The monoisotopic (exact) mass is 236 g/mol. The molecule has 2 heteroatoms. The lowest BCUT2D eigenvalue weighted by Crippen LogP contribution is -2.13. The molecule has 0 aromatic heterocycles. The normalized spacial score (nSPS) is 18.8. The van der Waals surface area contributed by atoms with Crippen LogP contribution < -0.4 is 0 Å². The summed E-state index contributed by atoms with van der Waals surface area (Å²) in [5.74, 6) is 0.294. The van der Waals surface area contributed by atoms with Gasteiger partial charge < -0.3 is 0 Å². The Morgan fingerprint density at radius 2 is 1.85 bits per heavy atom. The van der Waals surface area contributed by atoms with Crippen molar-refractivity contribution in [3.05, 3.63) is 39.9 Å². The Morgan fingerprint density at radius 3 is 2.31 bits per heavy atom. The highest BCUT2D eigenvalue weighted by Gasteiger charge is 2.19. The number of benzene rings is 1. The molecule has 0 N–H and O–H groups in total. The van der Waals surface area contributed by atoms with Gasteiger partial charge in [-0.25, -0.2) is 0 Å². The Labute approximate surface area is 85.6 Å². The largest absolute Gasteiger partial charge is 0.295 e. The summed E-state index contributed by atoms with van der Waals surface area (Å²) in [4.78, 5) is 11.0. The first-order valence-electron chi connectivity index (χ1n) is 4.25. The predicted octanol–water partition coefficient (Wildman–Crippen LogP) is 3.20. The van der Waals surface area contributed by atoms with Crippen LogP contribution in [0.25, 0.3) is 6.08 Å². The van der Waals surface area contributed by atoms with Gasteiger partial charge in [-0.15, -0.1) is 0 Å². The second kappa shape index (κ2) is 3.46. The number of hydrogen-bond acceptors (Lipinski definition) is 1. The topological polar surface area (TPSA) is 17.1 Å². The lowest BCUT2D eigenvalue weighted by molar-refractivity contribution is -0.118. The van der Waals surface area contributed by atoms with Gasteiger partial charge in [-0.3, -0.25) is 4.79 Å². The molecule has 0 amide bonds. The molecule has 1 aromatic rings. The quantitative estimate of drug-likeness (QED) is 0.685. The highest BCUT2D eigenvalue weighted by Crippen LogP contribution is 2.24. The van der Waals surface area contributed by atoms with E-state index in [1.165, 1.54) is 0 Å². The smallest absolute Gasteiger partial charge is 0.159 e. The summed E-state index contributed by atoms with van der Waals surface area (Å²) in [7, 11) is 0. The molecule has 2 rings (SSSR count). The van der Waals surface area contributed by atoms with Crippen LogP contribution in [0.1, 0.15) is 18.4 Å². The van der Waals surface area contributed by atoms with Crippen molar-refractivity contribution in [1.82, 2.24) is 0 Å². The lowest BCUT2D eigenvalue weighted by Gasteiger charge is -2.14. The molecule has 0 unspecified atom stereocenters. The number of carbonyl (C=O) groups is 1. The lowest BCUT2D eigenvalue weighted by atomic mass is 9.89. The van der Waals surface area contributed by atoms with Crippen molar-refractivity contribution in [3.8, 4) is 0 Å². The van der Waals surface area contributed by atoms with Crippen LogP contribution in [0.2, 0.25) is 0 Å². The SMILES string of the molecule is O=C1CC/C1=C\c1ccc(Br)cc1. The van der Waals surface area contributed by atoms with Crippen molar-refractivity contribution in [2.24, 2.45) is 0 Å². The van der Waals surface area contributed by atoms with Gasteiger partial charge in [-0.1, -0.05) is 28.1 Å². The average Bonchev–Trinajstić information content (AvgIpc) is 2.15. The minimum Gasteiger partial charge on any atom is -0.295 e. The Morgan fingerprint density at radius 1 is 1.15 bits per heavy atom. The van der Waals surface area contributed by atoms with Gasteiger partial charge >= 0.3 is 0 Å². The zero-order chi connectivity index (χ0) is 9.26. The van der Waals surface area contributed by atoms with Crippen molar-refractivity contribution in [2.45, 2.75) is 12.8 Å². The molecule has 1 aliphatic rings. The number of Topliss-reactive ketones (excluding diaryl/α,β-unsaturated/α-hetero) is 1. The number of allylic oxidation sites excluding steroid dienone is 1. The molecule has 66 valence electrons. The Hall–Kier alpha value is -0.890. The summed E-state index contributed by atoms with van der Waals surface area (Å²) < 4.78 is 1.06. The van der Waals surface area contributed by atoms with Crippen LogP contribution in [0.15, 0.2) is 34.3 Å². The van der Waals surface area contributed by atoms with Gasteiger partial charge in [0.15, 0.2) is 5.78 Å². The van der Waals surface area contributed by atoms with Gasteiger partial charge in [-0.2, -0.15) is 0 Å². The van der Waals surface area contributed by atoms with Crippen LogP contribution in [0, 0.1) is 0 Å². The molecule has 0 radical (unpaired) electrons. The van der Waals surface area contributed by atoms with E-state index in [0.717, 1.165) is 28.5 Å². The van der Waals surface area contributed by atoms with Crippen molar-refractivity contribution < 1.29 is 4.79 Å².